The summed E-state index contributed by atoms with van der Waals surface area (Å²) < 4.78 is 11.2. The number of carbonyl (C=O) groups excluding carboxylic acids is 3. The number of fused-ring (bicyclic) bond motifs is 2. The first-order valence-corrected chi connectivity index (χ1v) is 14.1. The molecule has 6 rings (SSSR count). The Morgan fingerprint density at radius 2 is 1.68 bits per heavy atom. The second-order valence-electron chi connectivity index (χ2n) is 9.20. The van der Waals surface area contributed by atoms with Crippen LogP contribution in [0.15, 0.2) is 88.7 Å². The van der Waals surface area contributed by atoms with Gasteiger partial charge in [-0.3, -0.25) is 19.2 Å². The van der Waals surface area contributed by atoms with Gasteiger partial charge in [0.15, 0.2) is 6.61 Å². The van der Waals surface area contributed by atoms with Crippen molar-refractivity contribution in [3.63, 3.8) is 0 Å². The lowest BCUT2D eigenvalue weighted by Gasteiger charge is -2.30. The number of nitrogens with zero attached hydrogens (tertiary/aromatic N) is 1. The summed E-state index contributed by atoms with van der Waals surface area (Å²) in [6.45, 7) is -0.261. The number of aromatic nitrogens is 1. The maximum absolute atomic E-state index is 14.0. The summed E-state index contributed by atoms with van der Waals surface area (Å²) in [5.74, 6) is -1.46. The molecular weight excluding hydrogens is 550 g/mol. The van der Waals surface area contributed by atoms with Gasteiger partial charge >= 0.3 is 4.87 Å². The summed E-state index contributed by atoms with van der Waals surface area (Å²) in [4.78, 5) is 57.1. The molecule has 2 unspecified atom stereocenters. The zero-order chi connectivity index (χ0) is 27.8. The van der Waals surface area contributed by atoms with Crippen molar-refractivity contribution in [2.45, 2.75) is 16.2 Å². The van der Waals surface area contributed by atoms with Crippen molar-refractivity contribution >= 4 is 52.2 Å². The fraction of sp³-hybridized carbons (Fsp3) is 0.172. The number of hydrogen-bond acceptors (Lipinski definition) is 8. The van der Waals surface area contributed by atoms with E-state index < -0.39 is 17.1 Å². The van der Waals surface area contributed by atoms with E-state index in [1.807, 2.05) is 24.3 Å². The number of nitrogens with one attached hydrogen (secondary N) is 2. The van der Waals surface area contributed by atoms with Crippen LogP contribution in [0, 0.1) is 5.92 Å². The smallest absolute Gasteiger partial charge is 0.305 e. The molecule has 3 atom stereocenters. The maximum atomic E-state index is 14.0. The van der Waals surface area contributed by atoms with E-state index in [2.05, 4.69) is 10.3 Å². The van der Waals surface area contributed by atoms with E-state index in [1.54, 1.807) is 61.7 Å². The first-order chi connectivity index (χ1) is 19.4. The molecule has 0 bridgehead atoms. The maximum Gasteiger partial charge on any atom is 0.305 e. The number of aromatic amines is 1. The van der Waals surface area contributed by atoms with Crippen LogP contribution in [0.1, 0.15) is 16.4 Å². The summed E-state index contributed by atoms with van der Waals surface area (Å²) in [5, 5.41) is 2.61. The predicted octanol–water partition coefficient (Wildman–Crippen LogP) is 4.26. The van der Waals surface area contributed by atoms with Crippen molar-refractivity contribution < 1.29 is 23.9 Å². The fourth-order valence-corrected chi connectivity index (χ4v) is 7.57. The third-order valence-electron chi connectivity index (χ3n) is 6.82. The number of carbonyl (C=O) groups is 3. The number of rotatable bonds is 7. The molecule has 0 saturated carbocycles. The number of ether oxygens (including phenoxy) is 2. The van der Waals surface area contributed by atoms with E-state index in [0.29, 0.717) is 38.3 Å². The van der Waals surface area contributed by atoms with Crippen LogP contribution < -0.4 is 24.6 Å². The van der Waals surface area contributed by atoms with E-state index in [-0.39, 0.29) is 29.2 Å². The van der Waals surface area contributed by atoms with Crippen molar-refractivity contribution in [1.29, 1.82) is 0 Å². The van der Waals surface area contributed by atoms with Crippen LogP contribution in [0.2, 0.25) is 0 Å². The van der Waals surface area contributed by atoms with Gasteiger partial charge in [0.05, 0.1) is 23.7 Å². The van der Waals surface area contributed by atoms with E-state index >= 15 is 0 Å². The highest BCUT2D eigenvalue weighted by atomic mass is 32.2. The highest BCUT2D eigenvalue weighted by molar-refractivity contribution is 8.00. The topological polar surface area (TPSA) is 118 Å². The third kappa shape index (κ3) is 4.67. The monoisotopic (exact) mass is 573 g/mol. The number of amides is 3. The molecule has 11 heteroatoms. The number of para-hydroxylation sites is 2. The molecule has 3 heterocycles. The van der Waals surface area contributed by atoms with E-state index in [9.17, 15) is 19.2 Å². The predicted molar refractivity (Wildman–Crippen MR) is 152 cm³/mol. The molecule has 1 saturated heterocycles. The summed E-state index contributed by atoms with van der Waals surface area (Å²) in [7, 11) is 1.54. The Labute approximate surface area is 237 Å². The standard InChI is InChI=1S/C29H23N3O6S2/c1-37-18-13-11-17(12-14-18)32-27(34)23-22(24-26(31-29(36)40-24)39-25(23)28(32)35)19-9-5-6-10-20(19)38-15-21(33)30-16-7-3-2-4-8-16/h2-14,22-23,25H,15H2,1H3,(H,30,33)(H,31,36)/t22-,23?,25?/m1/s1. The number of anilines is 2. The number of benzene rings is 3. The number of thiazole rings is 1. The first kappa shape index (κ1) is 25.9. The molecule has 0 spiro atoms. The fourth-order valence-electron chi connectivity index (χ4n) is 5.07. The first-order valence-electron chi connectivity index (χ1n) is 12.4. The molecule has 1 aromatic heterocycles. The van der Waals surface area contributed by atoms with E-state index in [4.69, 9.17) is 9.47 Å². The summed E-state index contributed by atoms with van der Waals surface area (Å²) >= 11 is 2.22. The third-order valence-corrected chi connectivity index (χ3v) is 9.23. The SMILES string of the molecule is COc1ccc(N2C(=O)C3Sc4[nH]c(=O)sc4[C@H](c4ccccc4OCC(=O)Nc4ccccc4)C3C2=O)cc1. The van der Waals surface area contributed by atoms with E-state index in [1.165, 1.54) is 16.7 Å². The minimum absolute atomic E-state index is 0.261. The average molecular weight is 574 g/mol. The number of thioether (sulfide) groups is 1. The zero-order valence-corrected chi connectivity index (χ0v) is 22.8. The van der Waals surface area contributed by atoms with Crippen LogP contribution in [-0.2, 0) is 14.4 Å². The molecule has 2 aliphatic rings. The Morgan fingerprint density at radius 3 is 2.42 bits per heavy atom. The number of hydrogen-bond donors (Lipinski definition) is 2. The quantitative estimate of drug-likeness (QED) is 0.317. The second kappa shape index (κ2) is 10.7. The molecule has 2 N–H and O–H groups in total. The van der Waals surface area contributed by atoms with Gasteiger partial charge in [-0.1, -0.05) is 59.5 Å². The van der Waals surface area contributed by atoms with Crippen LogP contribution in [-0.4, -0.2) is 41.7 Å². The van der Waals surface area contributed by atoms with Crippen molar-refractivity contribution in [1.82, 2.24) is 4.98 Å². The molecule has 3 amide bonds. The Morgan fingerprint density at radius 1 is 0.950 bits per heavy atom. The summed E-state index contributed by atoms with van der Waals surface area (Å²) in [6.07, 6.45) is 0. The number of H-pyrrole nitrogens is 1. The van der Waals surface area contributed by atoms with Crippen LogP contribution >= 0.6 is 23.1 Å². The van der Waals surface area contributed by atoms with Crippen LogP contribution in [0.5, 0.6) is 11.5 Å². The van der Waals surface area contributed by atoms with Crippen molar-refractivity contribution in [3.05, 3.63) is 99.0 Å². The highest BCUT2D eigenvalue weighted by Gasteiger charge is 2.56. The van der Waals surface area contributed by atoms with Gasteiger partial charge in [-0.15, -0.1) is 0 Å². The molecule has 40 heavy (non-hydrogen) atoms. The van der Waals surface area contributed by atoms with Gasteiger partial charge in [0.1, 0.15) is 16.7 Å². The van der Waals surface area contributed by atoms with Crippen molar-refractivity contribution in [3.8, 4) is 11.5 Å². The van der Waals surface area contributed by atoms with Crippen molar-refractivity contribution in [2.75, 3.05) is 23.9 Å². The van der Waals surface area contributed by atoms with Crippen LogP contribution in [0.25, 0.3) is 0 Å². The molecule has 2 aliphatic heterocycles. The lowest BCUT2D eigenvalue weighted by atomic mass is 9.82. The van der Waals surface area contributed by atoms with Crippen molar-refractivity contribution in [2.24, 2.45) is 5.92 Å². The molecular formula is C29H23N3O6S2. The molecule has 9 nitrogen and oxygen atoms in total. The van der Waals surface area contributed by atoms with Gasteiger partial charge in [-0.2, -0.15) is 0 Å². The summed E-state index contributed by atoms with van der Waals surface area (Å²) in [6, 6.07) is 22.9. The molecule has 4 aromatic rings. The van der Waals surface area contributed by atoms with Crippen LogP contribution in [0.3, 0.4) is 0 Å². The largest absolute Gasteiger partial charge is 0.497 e. The normalized spacial score (nSPS) is 19.6. The Balaban J connectivity index is 1.34. The lowest BCUT2D eigenvalue weighted by molar-refractivity contribution is -0.122. The minimum atomic E-state index is -0.776. The van der Waals surface area contributed by atoms with Gasteiger partial charge in [0.25, 0.3) is 5.91 Å². The van der Waals surface area contributed by atoms with Gasteiger partial charge in [0.2, 0.25) is 11.8 Å². The average Bonchev–Trinajstić information content (AvgIpc) is 3.46. The second-order valence-corrected chi connectivity index (χ2v) is 11.4. The number of methoxy groups -OCH3 is 1. The van der Waals surface area contributed by atoms with Crippen LogP contribution in [0.4, 0.5) is 11.4 Å². The molecule has 1 fully saturated rings. The Kier molecular flexibility index (Phi) is 6.91. The Bertz CT molecular complexity index is 1650. The van der Waals surface area contributed by atoms with Gasteiger partial charge in [-0.05, 0) is 42.5 Å². The van der Waals surface area contributed by atoms with Gasteiger partial charge < -0.3 is 19.8 Å². The molecule has 202 valence electrons. The van der Waals surface area contributed by atoms with E-state index in [0.717, 1.165) is 11.3 Å². The zero-order valence-electron chi connectivity index (χ0n) is 21.2. The molecule has 0 aliphatic carbocycles. The highest BCUT2D eigenvalue weighted by Crippen LogP contribution is 2.54. The molecule has 0 radical (unpaired) electrons. The number of imide groups is 1. The molecule has 3 aromatic carbocycles. The Hall–Kier alpha value is -4.35. The summed E-state index contributed by atoms with van der Waals surface area (Å²) in [5.41, 5.74) is 1.72. The van der Waals surface area contributed by atoms with Gasteiger partial charge in [0, 0.05) is 22.0 Å². The minimum Gasteiger partial charge on any atom is -0.497 e. The lowest BCUT2D eigenvalue weighted by Crippen LogP contribution is -2.32. The van der Waals surface area contributed by atoms with Gasteiger partial charge in [-0.25, -0.2) is 4.90 Å².